The van der Waals surface area contributed by atoms with E-state index in [1.807, 2.05) is 27.7 Å². The first kappa shape index (κ1) is 21.4. The minimum Gasteiger partial charge on any atom is -0.399 e. The third-order valence-corrected chi connectivity index (χ3v) is 5.74. The summed E-state index contributed by atoms with van der Waals surface area (Å²) in [6, 6.07) is 7.98. The lowest BCUT2D eigenvalue weighted by Gasteiger charge is -2.32. The van der Waals surface area contributed by atoms with Crippen LogP contribution in [0.2, 0.25) is 0 Å². The van der Waals surface area contributed by atoms with Crippen LogP contribution >= 0.6 is 0 Å². The number of rotatable bonds is 3. The molecule has 1 aromatic carbocycles. The average molecular weight is 431 g/mol. The van der Waals surface area contributed by atoms with Crippen molar-refractivity contribution >= 4 is 29.8 Å². The Hall–Kier alpha value is -2.85. The Morgan fingerprint density at radius 2 is 1.77 bits per heavy atom. The van der Waals surface area contributed by atoms with Crippen LogP contribution in [-0.2, 0) is 15.5 Å². The van der Waals surface area contributed by atoms with Gasteiger partial charge in [0.2, 0.25) is 0 Å². The van der Waals surface area contributed by atoms with Gasteiger partial charge in [0, 0.05) is 11.9 Å². The molecule has 6 nitrogen and oxygen atoms in total. The lowest BCUT2D eigenvalue weighted by Crippen LogP contribution is -2.41. The average Bonchev–Trinajstić information content (AvgIpc) is 3.18. The van der Waals surface area contributed by atoms with Gasteiger partial charge >= 0.3 is 13.3 Å². The summed E-state index contributed by atoms with van der Waals surface area (Å²) in [5.41, 5.74) is -0.347. The normalized spacial score (nSPS) is 17.8. The standard InChI is InChI=1S/C21H21BF3N3O3/c1-19(2)20(3,4)31-22(30-19)14-8-9-28-16(12-26-17(28)11-14)18(29)27-15-7-5-6-13(10-15)21(23,24)25/h5-12H,1-4H3,(H,27,29). The van der Waals surface area contributed by atoms with Gasteiger partial charge in [0.25, 0.3) is 5.91 Å². The van der Waals surface area contributed by atoms with Crippen LogP contribution in [0.4, 0.5) is 18.9 Å². The second kappa shape index (κ2) is 7.10. The third kappa shape index (κ3) is 3.93. The van der Waals surface area contributed by atoms with E-state index in [2.05, 4.69) is 10.3 Å². The molecule has 0 radical (unpaired) electrons. The van der Waals surface area contributed by atoms with Gasteiger partial charge in [-0.3, -0.25) is 9.20 Å². The van der Waals surface area contributed by atoms with Crippen molar-refractivity contribution < 1.29 is 27.3 Å². The van der Waals surface area contributed by atoms with Crippen molar-refractivity contribution in [3.63, 3.8) is 0 Å². The highest BCUT2D eigenvalue weighted by molar-refractivity contribution is 6.62. The van der Waals surface area contributed by atoms with Crippen molar-refractivity contribution in [3.05, 3.63) is 60.0 Å². The Kier molecular flexibility index (Phi) is 4.90. The highest BCUT2D eigenvalue weighted by atomic mass is 19.4. The summed E-state index contributed by atoms with van der Waals surface area (Å²) in [4.78, 5) is 16.9. The molecule has 0 bridgehead atoms. The van der Waals surface area contributed by atoms with Crippen LogP contribution < -0.4 is 10.8 Å². The van der Waals surface area contributed by atoms with E-state index in [0.717, 1.165) is 17.6 Å². The Morgan fingerprint density at radius 1 is 1.10 bits per heavy atom. The lowest BCUT2D eigenvalue weighted by atomic mass is 9.80. The van der Waals surface area contributed by atoms with Gasteiger partial charge in [0.05, 0.1) is 23.0 Å². The number of halogens is 3. The maximum Gasteiger partial charge on any atom is 0.495 e. The number of alkyl halides is 3. The fraction of sp³-hybridized carbons (Fsp3) is 0.333. The number of anilines is 1. The van der Waals surface area contributed by atoms with E-state index in [0.29, 0.717) is 5.65 Å². The number of fused-ring (bicyclic) bond motifs is 1. The van der Waals surface area contributed by atoms with Crippen molar-refractivity contribution in [2.45, 2.75) is 45.1 Å². The molecule has 0 atom stereocenters. The van der Waals surface area contributed by atoms with E-state index in [4.69, 9.17) is 9.31 Å². The minimum absolute atomic E-state index is 0.0450. The zero-order valence-electron chi connectivity index (χ0n) is 17.4. The summed E-state index contributed by atoms with van der Waals surface area (Å²) in [7, 11) is -0.575. The second-order valence-electron chi connectivity index (χ2n) is 8.45. The fourth-order valence-electron chi connectivity index (χ4n) is 3.26. The molecule has 1 aliphatic rings. The number of hydrogen-bond acceptors (Lipinski definition) is 4. The largest absolute Gasteiger partial charge is 0.495 e. The number of carbonyl (C=O) groups is 1. The summed E-state index contributed by atoms with van der Waals surface area (Å²) in [6.07, 6.45) is -1.47. The maximum atomic E-state index is 12.9. The quantitative estimate of drug-likeness (QED) is 0.639. The third-order valence-electron chi connectivity index (χ3n) is 5.74. The summed E-state index contributed by atoms with van der Waals surface area (Å²) in [6.45, 7) is 7.82. The van der Waals surface area contributed by atoms with Gasteiger partial charge in [0.1, 0.15) is 11.3 Å². The molecule has 2 aromatic heterocycles. The minimum atomic E-state index is -4.49. The van der Waals surface area contributed by atoms with Gasteiger partial charge in [-0.05, 0) is 63.5 Å². The molecule has 31 heavy (non-hydrogen) atoms. The molecule has 1 N–H and O–H groups in total. The van der Waals surface area contributed by atoms with Crippen LogP contribution in [0.5, 0.6) is 0 Å². The van der Waals surface area contributed by atoms with Crippen LogP contribution in [0, 0.1) is 0 Å². The zero-order chi connectivity index (χ0) is 22.6. The zero-order valence-corrected chi connectivity index (χ0v) is 17.4. The number of nitrogens with zero attached hydrogens (tertiary/aromatic N) is 2. The highest BCUT2D eigenvalue weighted by Crippen LogP contribution is 2.36. The molecule has 1 saturated heterocycles. The van der Waals surface area contributed by atoms with Crippen LogP contribution in [0.15, 0.2) is 48.8 Å². The van der Waals surface area contributed by atoms with Crippen molar-refractivity contribution in [1.29, 1.82) is 0 Å². The van der Waals surface area contributed by atoms with E-state index >= 15 is 0 Å². The predicted octanol–water partition coefficient (Wildman–Crippen LogP) is 3.90. The number of hydrogen-bond donors (Lipinski definition) is 1. The molecule has 3 heterocycles. The van der Waals surface area contributed by atoms with E-state index in [1.54, 1.807) is 22.7 Å². The first-order chi connectivity index (χ1) is 14.4. The fourth-order valence-corrected chi connectivity index (χ4v) is 3.26. The molecule has 3 aromatic rings. The molecular formula is C21H21BF3N3O3. The monoisotopic (exact) mass is 431 g/mol. The smallest absolute Gasteiger partial charge is 0.399 e. The number of amides is 1. The van der Waals surface area contributed by atoms with Crippen molar-refractivity contribution in [2.24, 2.45) is 0 Å². The molecular weight excluding hydrogens is 410 g/mol. The first-order valence-corrected chi connectivity index (χ1v) is 9.69. The SMILES string of the molecule is CC1(C)OB(c2ccn3c(C(=O)Nc4cccc(C(F)(F)F)c4)cnc3c2)OC1(C)C. The van der Waals surface area contributed by atoms with Gasteiger partial charge in [-0.25, -0.2) is 4.98 Å². The first-order valence-electron chi connectivity index (χ1n) is 9.69. The number of pyridine rings is 1. The molecule has 0 aliphatic carbocycles. The van der Waals surface area contributed by atoms with Gasteiger partial charge < -0.3 is 14.6 Å². The number of aromatic nitrogens is 2. The molecule has 0 unspecified atom stereocenters. The topological polar surface area (TPSA) is 64.9 Å². The van der Waals surface area contributed by atoms with Crippen LogP contribution in [0.3, 0.4) is 0 Å². The Morgan fingerprint density at radius 3 is 2.42 bits per heavy atom. The number of benzene rings is 1. The molecule has 1 aliphatic heterocycles. The van der Waals surface area contributed by atoms with Gasteiger partial charge in [-0.1, -0.05) is 6.07 Å². The van der Waals surface area contributed by atoms with E-state index in [9.17, 15) is 18.0 Å². The second-order valence-corrected chi connectivity index (χ2v) is 8.45. The predicted molar refractivity (Wildman–Crippen MR) is 110 cm³/mol. The van der Waals surface area contributed by atoms with E-state index < -0.39 is 36.0 Å². The Balaban J connectivity index is 1.57. The summed E-state index contributed by atoms with van der Waals surface area (Å²) < 4.78 is 52.3. The van der Waals surface area contributed by atoms with E-state index in [-0.39, 0.29) is 11.4 Å². The molecule has 1 amide bonds. The van der Waals surface area contributed by atoms with Crippen molar-refractivity contribution in [3.8, 4) is 0 Å². The number of carbonyl (C=O) groups excluding carboxylic acids is 1. The molecule has 0 spiro atoms. The van der Waals surface area contributed by atoms with Crippen molar-refractivity contribution in [1.82, 2.24) is 9.38 Å². The molecule has 10 heteroatoms. The molecule has 0 saturated carbocycles. The van der Waals surface area contributed by atoms with Crippen molar-refractivity contribution in [2.75, 3.05) is 5.32 Å². The van der Waals surface area contributed by atoms with Gasteiger partial charge in [0.15, 0.2) is 0 Å². The molecule has 1 fully saturated rings. The van der Waals surface area contributed by atoms with Gasteiger partial charge in [-0.15, -0.1) is 0 Å². The Labute approximate surface area is 177 Å². The summed E-state index contributed by atoms with van der Waals surface area (Å²) in [5.74, 6) is -0.574. The highest BCUT2D eigenvalue weighted by Gasteiger charge is 2.51. The summed E-state index contributed by atoms with van der Waals surface area (Å²) >= 11 is 0. The molecule has 4 rings (SSSR count). The number of nitrogens with one attached hydrogen (secondary N) is 1. The number of imidazole rings is 1. The van der Waals surface area contributed by atoms with Crippen LogP contribution in [0.25, 0.3) is 5.65 Å². The van der Waals surface area contributed by atoms with E-state index in [1.165, 1.54) is 18.3 Å². The lowest BCUT2D eigenvalue weighted by molar-refractivity contribution is -0.137. The van der Waals surface area contributed by atoms with Crippen LogP contribution in [0.1, 0.15) is 43.7 Å². The van der Waals surface area contributed by atoms with Crippen LogP contribution in [-0.4, -0.2) is 33.6 Å². The van der Waals surface area contributed by atoms with Gasteiger partial charge in [-0.2, -0.15) is 13.2 Å². The summed E-state index contributed by atoms with van der Waals surface area (Å²) in [5, 5.41) is 2.49. The molecule has 162 valence electrons. The Bertz CT molecular complexity index is 1140. The maximum absolute atomic E-state index is 12.9.